The molecule has 4 nitrogen and oxygen atoms in total. The highest BCUT2D eigenvalue weighted by molar-refractivity contribution is 9.10. The number of fused-ring (bicyclic) bond motifs is 4. The van der Waals surface area contributed by atoms with Gasteiger partial charge in [0.2, 0.25) is 0 Å². The second kappa shape index (κ2) is 7.16. The molecule has 0 radical (unpaired) electrons. The van der Waals surface area contributed by atoms with Gasteiger partial charge in [-0.3, -0.25) is 4.90 Å². The van der Waals surface area contributed by atoms with Crippen molar-refractivity contribution in [1.29, 1.82) is 0 Å². The molecule has 0 spiro atoms. The third-order valence-corrected chi connectivity index (χ3v) is 7.59. The molecule has 3 fully saturated rings. The maximum absolute atomic E-state index is 12.8. The van der Waals surface area contributed by atoms with Crippen LogP contribution in [0.25, 0.3) is 0 Å². The number of halogens is 1. The minimum atomic E-state index is -0.240. The van der Waals surface area contributed by atoms with Gasteiger partial charge in [-0.15, -0.1) is 0 Å². The summed E-state index contributed by atoms with van der Waals surface area (Å²) in [5.41, 5.74) is 2.68. The highest BCUT2D eigenvalue weighted by Gasteiger charge is 2.45. The maximum Gasteiger partial charge on any atom is 0.407 e. The predicted molar refractivity (Wildman–Crippen MR) is 106 cm³/mol. The van der Waals surface area contributed by atoms with Crippen molar-refractivity contribution in [2.45, 2.75) is 58.1 Å². The summed E-state index contributed by atoms with van der Waals surface area (Å²) in [5.74, 6) is 0.541. The van der Waals surface area contributed by atoms with Gasteiger partial charge in [0.05, 0.1) is 6.04 Å². The van der Waals surface area contributed by atoms with Crippen molar-refractivity contribution in [2.24, 2.45) is 11.3 Å². The van der Waals surface area contributed by atoms with Crippen molar-refractivity contribution in [3.8, 4) is 0 Å². The molecule has 1 amide bonds. The number of piperidine rings is 3. The van der Waals surface area contributed by atoms with Crippen LogP contribution in [0.2, 0.25) is 0 Å². The van der Waals surface area contributed by atoms with Crippen LogP contribution in [0.4, 0.5) is 4.79 Å². The van der Waals surface area contributed by atoms with E-state index in [4.69, 9.17) is 4.74 Å². The van der Waals surface area contributed by atoms with E-state index in [9.17, 15) is 4.79 Å². The number of hydrogen-bond donors (Lipinski definition) is 1. The molecule has 142 valence electrons. The second-order valence-corrected chi connectivity index (χ2v) is 9.16. The first-order chi connectivity index (χ1) is 12.5. The van der Waals surface area contributed by atoms with Crippen molar-refractivity contribution < 1.29 is 9.53 Å². The fourth-order valence-corrected chi connectivity index (χ4v) is 5.70. The molecule has 3 aliphatic heterocycles. The summed E-state index contributed by atoms with van der Waals surface area (Å²) in [6.07, 6.45) is 5.23. The van der Waals surface area contributed by atoms with Gasteiger partial charge in [-0.1, -0.05) is 35.8 Å². The molecule has 2 atom stereocenters. The van der Waals surface area contributed by atoms with E-state index < -0.39 is 0 Å². The van der Waals surface area contributed by atoms with Crippen LogP contribution in [0.1, 0.15) is 56.7 Å². The normalized spacial score (nSPS) is 31.5. The molecule has 5 rings (SSSR count). The Labute approximate surface area is 164 Å². The van der Waals surface area contributed by atoms with Crippen molar-refractivity contribution in [3.63, 3.8) is 0 Å². The Kier molecular flexibility index (Phi) is 5.04. The summed E-state index contributed by atoms with van der Waals surface area (Å²) >= 11 is 3.58. The number of carbonyl (C=O) groups is 1. The van der Waals surface area contributed by atoms with E-state index in [1.54, 1.807) is 0 Å². The number of ether oxygens (including phenoxy) is 1. The molecule has 3 heterocycles. The average Bonchev–Trinajstić information content (AvgIpc) is 2.95. The van der Waals surface area contributed by atoms with Crippen molar-refractivity contribution in [3.05, 3.63) is 33.8 Å². The Morgan fingerprint density at radius 1 is 1.31 bits per heavy atom. The summed E-state index contributed by atoms with van der Waals surface area (Å²) in [5, 5.41) is 3.26. The van der Waals surface area contributed by atoms with Gasteiger partial charge in [-0.2, -0.15) is 0 Å². The van der Waals surface area contributed by atoms with Crippen LogP contribution < -0.4 is 5.32 Å². The average molecular weight is 421 g/mol. The molecule has 1 N–H and O–H groups in total. The van der Waals surface area contributed by atoms with Gasteiger partial charge >= 0.3 is 6.09 Å². The number of amides is 1. The van der Waals surface area contributed by atoms with Gasteiger partial charge in [0.15, 0.2) is 0 Å². The van der Waals surface area contributed by atoms with E-state index in [0.717, 1.165) is 56.2 Å². The lowest BCUT2D eigenvalue weighted by Crippen LogP contribution is -2.53. The number of nitrogens with zero attached hydrogens (tertiary/aromatic N) is 1. The van der Waals surface area contributed by atoms with Crippen molar-refractivity contribution in [2.75, 3.05) is 19.6 Å². The lowest BCUT2D eigenvalue weighted by atomic mass is 9.76. The standard InChI is InChI=1S/C21H29BrN2O2/c1-3-21(4-2)12-15-11-16(22)5-6-17(15)19(21)23-20(25)26-18-13-24-9-7-14(18)8-10-24/h5-6,11,14,18-19H,3-4,7-10,12-13H2,1-2H3,(H,23,25)/t18-,19?/m0/s1. The zero-order chi connectivity index (χ0) is 18.3. The van der Waals surface area contributed by atoms with Gasteiger partial charge in [0, 0.05) is 11.0 Å². The predicted octanol–water partition coefficient (Wildman–Crippen LogP) is 4.67. The number of benzene rings is 1. The molecular weight excluding hydrogens is 392 g/mol. The number of hydrogen-bond acceptors (Lipinski definition) is 3. The lowest BCUT2D eigenvalue weighted by molar-refractivity contribution is -0.0353. The molecule has 1 aliphatic carbocycles. The highest BCUT2D eigenvalue weighted by Crippen LogP contribution is 2.50. The third kappa shape index (κ3) is 3.18. The summed E-state index contributed by atoms with van der Waals surface area (Å²) < 4.78 is 7.01. The molecule has 1 aromatic carbocycles. The minimum absolute atomic E-state index is 0.0363. The monoisotopic (exact) mass is 420 g/mol. The first-order valence-electron chi connectivity index (χ1n) is 10.0. The fourth-order valence-electron chi connectivity index (χ4n) is 5.29. The van der Waals surface area contributed by atoms with E-state index in [1.165, 1.54) is 11.1 Å². The molecule has 26 heavy (non-hydrogen) atoms. The van der Waals surface area contributed by atoms with Crippen LogP contribution in [-0.4, -0.2) is 36.7 Å². The molecular formula is C21H29BrN2O2. The molecule has 0 saturated carbocycles. The van der Waals surface area contributed by atoms with Gasteiger partial charge in [-0.05, 0) is 79.8 Å². The summed E-state index contributed by atoms with van der Waals surface area (Å²) in [7, 11) is 0. The fraction of sp³-hybridized carbons (Fsp3) is 0.667. The number of carbonyl (C=O) groups excluding carboxylic acids is 1. The first kappa shape index (κ1) is 18.3. The van der Waals surface area contributed by atoms with Crippen LogP contribution in [-0.2, 0) is 11.2 Å². The Morgan fingerprint density at radius 2 is 2.04 bits per heavy atom. The molecule has 3 saturated heterocycles. The van der Waals surface area contributed by atoms with E-state index >= 15 is 0 Å². The van der Waals surface area contributed by atoms with Crippen LogP contribution in [0, 0.1) is 11.3 Å². The van der Waals surface area contributed by atoms with Crippen molar-refractivity contribution >= 4 is 22.0 Å². The highest BCUT2D eigenvalue weighted by atomic mass is 79.9. The Bertz CT molecular complexity index is 681. The Hall–Kier alpha value is -1.07. The van der Waals surface area contributed by atoms with Crippen LogP contribution in [0.15, 0.2) is 22.7 Å². The largest absolute Gasteiger partial charge is 0.445 e. The first-order valence-corrected chi connectivity index (χ1v) is 10.8. The number of nitrogens with one attached hydrogen (secondary N) is 1. The molecule has 1 aromatic rings. The van der Waals surface area contributed by atoms with Crippen LogP contribution >= 0.6 is 15.9 Å². The zero-order valence-corrected chi connectivity index (χ0v) is 17.3. The summed E-state index contributed by atoms with van der Waals surface area (Å²) in [6.45, 7) is 7.69. The zero-order valence-electron chi connectivity index (χ0n) is 15.8. The summed E-state index contributed by atoms with van der Waals surface area (Å²) in [4.78, 5) is 15.2. The summed E-state index contributed by atoms with van der Waals surface area (Å²) in [6, 6.07) is 6.48. The van der Waals surface area contributed by atoms with Gasteiger partial charge in [-0.25, -0.2) is 4.79 Å². The minimum Gasteiger partial charge on any atom is -0.445 e. The smallest absolute Gasteiger partial charge is 0.407 e. The SMILES string of the molecule is CCC1(CC)Cc2cc(Br)ccc2C1NC(=O)O[C@H]1CN2CCC1CC2. The molecule has 5 heteroatoms. The van der Waals surface area contributed by atoms with Gasteiger partial charge in [0.25, 0.3) is 0 Å². The van der Waals surface area contributed by atoms with E-state index in [2.05, 4.69) is 58.2 Å². The quantitative estimate of drug-likeness (QED) is 0.768. The van der Waals surface area contributed by atoms with Gasteiger partial charge < -0.3 is 10.1 Å². The third-order valence-electron chi connectivity index (χ3n) is 7.10. The Morgan fingerprint density at radius 3 is 2.65 bits per heavy atom. The molecule has 1 unspecified atom stereocenters. The van der Waals surface area contributed by atoms with E-state index in [0.29, 0.717) is 5.92 Å². The molecule has 4 aliphatic rings. The van der Waals surface area contributed by atoms with E-state index in [-0.39, 0.29) is 23.7 Å². The Balaban J connectivity index is 1.50. The maximum atomic E-state index is 12.8. The molecule has 0 aromatic heterocycles. The van der Waals surface area contributed by atoms with Crippen LogP contribution in [0.5, 0.6) is 0 Å². The lowest BCUT2D eigenvalue weighted by Gasteiger charge is -2.44. The van der Waals surface area contributed by atoms with E-state index in [1.807, 2.05) is 0 Å². The molecule has 2 bridgehead atoms. The van der Waals surface area contributed by atoms with Crippen molar-refractivity contribution in [1.82, 2.24) is 10.2 Å². The number of rotatable bonds is 4. The number of alkyl carbamates (subject to hydrolysis) is 1. The second-order valence-electron chi connectivity index (χ2n) is 8.25. The topological polar surface area (TPSA) is 41.6 Å². The van der Waals surface area contributed by atoms with Gasteiger partial charge in [0.1, 0.15) is 6.10 Å². The van der Waals surface area contributed by atoms with Crippen LogP contribution in [0.3, 0.4) is 0 Å².